The molecule has 0 aliphatic carbocycles. The van der Waals surface area contributed by atoms with Crippen molar-refractivity contribution in [3.8, 4) is 0 Å². The number of hydrogen-bond acceptors (Lipinski definition) is 4. The maximum absolute atomic E-state index is 12.3. The SMILES string of the molecule is CCOCC(=O)NCC1CCN(C(=O)c2cccnc2)CC1. The summed E-state index contributed by atoms with van der Waals surface area (Å²) < 4.78 is 5.06. The predicted molar refractivity (Wildman–Crippen MR) is 82.4 cm³/mol. The lowest BCUT2D eigenvalue weighted by atomic mass is 9.96. The number of amides is 2. The molecule has 6 heteroatoms. The minimum atomic E-state index is -0.0734. The van der Waals surface area contributed by atoms with Gasteiger partial charge in [0.2, 0.25) is 5.91 Å². The largest absolute Gasteiger partial charge is 0.372 e. The van der Waals surface area contributed by atoms with Crippen LogP contribution >= 0.6 is 0 Å². The van der Waals surface area contributed by atoms with Crippen LogP contribution in [0.2, 0.25) is 0 Å². The number of ether oxygens (including phenoxy) is 1. The zero-order chi connectivity index (χ0) is 15.8. The second-order valence-electron chi connectivity index (χ2n) is 5.42. The number of piperidine rings is 1. The molecule has 22 heavy (non-hydrogen) atoms. The average Bonchev–Trinajstić information content (AvgIpc) is 2.58. The highest BCUT2D eigenvalue weighted by atomic mass is 16.5. The maximum Gasteiger partial charge on any atom is 0.255 e. The zero-order valence-corrected chi connectivity index (χ0v) is 13.0. The number of likely N-dealkylation sites (tertiary alicyclic amines) is 1. The first-order valence-electron chi connectivity index (χ1n) is 7.74. The van der Waals surface area contributed by atoms with Gasteiger partial charge in [0.15, 0.2) is 0 Å². The van der Waals surface area contributed by atoms with Gasteiger partial charge in [-0.2, -0.15) is 0 Å². The van der Waals surface area contributed by atoms with E-state index in [1.54, 1.807) is 24.5 Å². The van der Waals surface area contributed by atoms with Gasteiger partial charge in [0.1, 0.15) is 6.61 Å². The van der Waals surface area contributed by atoms with Gasteiger partial charge in [0.05, 0.1) is 5.56 Å². The van der Waals surface area contributed by atoms with Crippen LogP contribution < -0.4 is 5.32 Å². The quantitative estimate of drug-likeness (QED) is 0.854. The number of rotatable bonds is 6. The second kappa shape index (κ2) is 8.48. The Morgan fingerprint density at radius 2 is 2.18 bits per heavy atom. The highest BCUT2D eigenvalue weighted by Crippen LogP contribution is 2.18. The topological polar surface area (TPSA) is 71.5 Å². The first-order chi connectivity index (χ1) is 10.7. The van der Waals surface area contributed by atoms with Crippen LogP contribution in [-0.4, -0.2) is 54.5 Å². The van der Waals surface area contributed by atoms with Crippen LogP contribution in [0.5, 0.6) is 0 Å². The molecule has 2 rings (SSSR count). The summed E-state index contributed by atoms with van der Waals surface area (Å²) >= 11 is 0. The van der Waals surface area contributed by atoms with E-state index < -0.39 is 0 Å². The van der Waals surface area contributed by atoms with Gasteiger partial charge in [-0.3, -0.25) is 14.6 Å². The minimum absolute atomic E-state index is 0.0342. The molecule has 6 nitrogen and oxygen atoms in total. The predicted octanol–water partition coefficient (Wildman–Crippen LogP) is 1.09. The van der Waals surface area contributed by atoms with E-state index in [9.17, 15) is 9.59 Å². The van der Waals surface area contributed by atoms with Crippen LogP contribution in [0.15, 0.2) is 24.5 Å². The summed E-state index contributed by atoms with van der Waals surface area (Å²) in [4.78, 5) is 29.6. The molecule has 0 unspecified atom stereocenters. The summed E-state index contributed by atoms with van der Waals surface area (Å²) in [5.74, 6) is 0.381. The summed E-state index contributed by atoms with van der Waals surface area (Å²) in [5, 5.41) is 2.89. The lowest BCUT2D eigenvalue weighted by Crippen LogP contribution is -2.42. The van der Waals surface area contributed by atoms with E-state index in [0.29, 0.717) is 24.6 Å². The first kappa shape index (κ1) is 16.4. The Hall–Kier alpha value is -1.95. The molecule has 1 aliphatic rings. The monoisotopic (exact) mass is 305 g/mol. The summed E-state index contributed by atoms with van der Waals surface area (Å²) in [5.41, 5.74) is 0.631. The molecule has 2 amide bonds. The number of aromatic nitrogens is 1. The summed E-state index contributed by atoms with van der Waals surface area (Å²) in [6, 6.07) is 3.56. The number of carbonyl (C=O) groups is 2. The second-order valence-corrected chi connectivity index (χ2v) is 5.42. The summed E-state index contributed by atoms with van der Waals surface area (Å²) in [6.07, 6.45) is 5.07. The number of hydrogen-bond donors (Lipinski definition) is 1. The van der Waals surface area contributed by atoms with E-state index in [-0.39, 0.29) is 18.4 Å². The summed E-state index contributed by atoms with van der Waals surface area (Å²) in [7, 11) is 0. The molecule has 0 radical (unpaired) electrons. The molecule has 0 atom stereocenters. The number of nitrogens with zero attached hydrogens (tertiary/aromatic N) is 2. The molecular weight excluding hydrogens is 282 g/mol. The van der Waals surface area contributed by atoms with E-state index in [4.69, 9.17) is 4.74 Å². The fourth-order valence-electron chi connectivity index (χ4n) is 2.52. The number of pyridine rings is 1. The Kier molecular flexibility index (Phi) is 6.33. The molecule has 120 valence electrons. The number of nitrogens with one attached hydrogen (secondary N) is 1. The van der Waals surface area contributed by atoms with Crippen molar-refractivity contribution >= 4 is 11.8 Å². The van der Waals surface area contributed by atoms with Crippen molar-refractivity contribution in [2.45, 2.75) is 19.8 Å². The van der Waals surface area contributed by atoms with Crippen molar-refractivity contribution in [3.63, 3.8) is 0 Å². The molecular formula is C16H23N3O3. The smallest absolute Gasteiger partial charge is 0.255 e. The van der Waals surface area contributed by atoms with Crippen molar-refractivity contribution in [1.29, 1.82) is 0 Å². The van der Waals surface area contributed by atoms with Gasteiger partial charge < -0.3 is 15.0 Å². The lowest BCUT2D eigenvalue weighted by Gasteiger charge is -2.32. The van der Waals surface area contributed by atoms with Gasteiger partial charge in [-0.25, -0.2) is 0 Å². The van der Waals surface area contributed by atoms with E-state index in [0.717, 1.165) is 25.9 Å². The van der Waals surface area contributed by atoms with Crippen molar-refractivity contribution in [1.82, 2.24) is 15.2 Å². The summed E-state index contributed by atoms with van der Waals surface area (Å²) in [6.45, 7) is 4.62. The van der Waals surface area contributed by atoms with Gasteiger partial charge in [0.25, 0.3) is 5.91 Å². The third-order valence-corrected chi connectivity index (χ3v) is 3.84. The van der Waals surface area contributed by atoms with Crippen LogP contribution in [0, 0.1) is 5.92 Å². The van der Waals surface area contributed by atoms with E-state index >= 15 is 0 Å². The highest BCUT2D eigenvalue weighted by Gasteiger charge is 2.23. The molecule has 0 aromatic carbocycles. The fraction of sp³-hybridized carbons (Fsp3) is 0.562. The first-order valence-corrected chi connectivity index (χ1v) is 7.74. The average molecular weight is 305 g/mol. The molecule has 1 aliphatic heterocycles. The molecule has 0 saturated carbocycles. The Morgan fingerprint density at radius 1 is 1.41 bits per heavy atom. The van der Waals surface area contributed by atoms with E-state index in [2.05, 4.69) is 10.3 Å². The molecule has 1 saturated heterocycles. The van der Waals surface area contributed by atoms with E-state index in [1.165, 1.54) is 0 Å². The zero-order valence-electron chi connectivity index (χ0n) is 13.0. The Balaban J connectivity index is 1.72. The van der Waals surface area contributed by atoms with E-state index in [1.807, 2.05) is 11.8 Å². The molecule has 1 N–H and O–H groups in total. The van der Waals surface area contributed by atoms with Gasteiger partial charge in [-0.15, -0.1) is 0 Å². The van der Waals surface area contributed by atoms with Crippen molar-refractivity contribution in [3.05, 3.63) is 30.1 Å². The highest BCUT2D eigenvalue weighted by molar-refractivity contribution is 5.93. The Labute approximate surface area is 130 Å². The Morgan fingerprint density at radius 3 is 2.82 bits per heavy atom. The fourth-order valence-corrected chi connectivity index (χ4v) is 2.52. The third kappa shape index (κ3) is 4.80. The van der Waals surface area contributed by atoms with Crippen molar-refractivity contribution < 1.29 is 14.3 Å². The molecule has 1 fully saturated rings. The molecule has 1 aromatic rings. The molecule has 1 aromatic heterocycles. The van der Waals surface area contributed by atoms with Crippen LogP contribution in [-0.2, 0) is 9.53 Å². The lowest BCUT2D eigenvalue weighted by molar-refractivity contribution is -0.125. The van der Waals surface area contributed by atoms with Crippen LogP contribution in [0.25, 0.3) is 0 Å². The van der Waals surface area contributed by atoms with Gasteiger partial charge in [-0.05, 0) is 37.8 Å². The normalized spacial score (nSPS) is 15.6. The maximum atomic E-state index is 12.3. The van der Waals surface area contributed by atoms with Crippen LogP contribution in [0.4, 0.5) is 0 Å². The minimum Gasteiger partial charge on any atom is -0.372 e. The van der Waals surface area contributed by atoms with Crippen LogP contribution in [0.1, 0.15) is 30.1 Å². The molecule has 0 bridgehead atoms. The number of carbonyl (C=O) groups excluding carboxylic acids is 2. The third-order valence-electron chi connectivity index (χ3n) is 3.84. The van der Waals surface area contributed by atoms with Gasteiger partial charge in [0, 0.05) is 38.6 Å². The van der Waals surface area contributed by atoms with Gasteiger partial charge in [-0.1, -0.05) is 0 Å². The molecule has 2 heterocycles. The molecule has 0 spiro atoms. The van der Waals surface area contributed by atoms with Gasteiger partial charge >= 0.3 is 0 Å². The Bertz CT molecular complexity index is 485. The standard InChI is InChI=1S/C16H23N3O3/c1-2-22-12-15(20)18-10-13-5-8-19(9-6-13)16(21)14-4-3-7-17-11-14/h3-4,7,11,13H,2,5-6,8-10,12H2,1H3,(H,18,20). The van der Waals surface area contributed by atoms with Crippen molar-refractivity contribution in [2.24, 2.45) is 5.92 Å². The van der Waals surface area contributed by atoms with Crippen LogP contribution in [0.3, 0.4) is 0 Å². The van der Waals surface area contributed by atoms with Crippen molar-refractivity contribution in [2.75, 3.05) is 32.8 Å².